The summed E-state index contributed by atoms with van der Waals surface area (Å²) in [6, 6.07) is 1.27. The van der Waals surface area contributed by atoms with Crippen LogP contribution in [-0.2, 0) is 9.59 Å². The van der Waals surface area contributed by atoms with Crippen molar-refractivity contribution in [3.05, 3.63) is 0 Å². The number of carbonyl (C=O) groups is 2. The van der Waals surface area contributed by atoms with Crippen molar-refractivity contribution in [3.8, 4) is 0 Å². The van der Waals surface area contributed by atoms with Crippen LogP contribution in [0.2, 0.25) is 0 Å². The van der Waals surface area contributed by atoms with Gasteiger partial charge in [0.1, 0.15) is 0 Å². The molecule has 0 aromatic rings. The van der Waals surface area contributed by atoms with E-state index in [4.69, 9.17) is 0 Å². The van der Waals surface area contributed by atoms with Crippen LogP contribution in [0.15, 0.2) is 0 Å². The van der Waals surface area contributed by atoms with Gasteiger partial charge in [0, 0.05) is 52.1 Å². The number of hydrogen-bond donors (Lipinski definition) is 0. The van der Waals surface area contributed by atoms with Crippen LogP contribution in [0, 0.1) is 11.8 Å². The fourth-order valence-electron chi connectivity index (χ4n) is 4.78. The molecular weight excluding hydrogens is 532 g/mol. The van der Waals surface area contributed by atoms with Gasteiger partial charge in [-0.2, -0.15) is 0 Å². The second kappa shape index (κ2) is 28.3. The van der Waals surface area contributed by atoms with E-state index in [0.717, 1.165) is 63.5 Å². The molecule has 2 amide bonds. The van der Waals surface area contributed by atoms with Crippen LogP contribution in [0.25, 0.3) is 0 Å². The maximum atomic E-state index is 12.0. The molecule has 0 rings (SSSR count). The Balaban J connectivity index is 0. The van der Waals surface area contributed by atoms with E-state index in [9.17, 15) is 9.59 Å². The third kappa shape index (κ3) is 29.3. The van der Waals surface area contributed by atoms with Crippen molar-refractivity contribution in [2.75, 3.05) is 54.4 Å². The molecule has 258 valence electrons. The SMILES string of the molecule is CC(C)CCCN(C)C(=O)CCCCCCCN(C)C(C)C.CC(C)CCCN(C)C(=O)CCCCCCN(C)C(C)C. The first kappa shape index (κ1) is 44.0. The molecule has 0 saturated heterocycles. The van der Waals surface area contributed by atoms with E-state index in [1.807, 2.05) is 23.9 Å². The second-order valence-corrected chi connectivity index (χ2v) is 14.5. The Morgan fingerprint density at radius 2 is 0.721 bits per heavy atom. The van der Waals surface area contributed by atoms with Gasteiger partial charge in [0.2, 0.25) is 11.8 Å². The van der Waals surface area contributed by atoms with Crippen LogP contribution in [-0.4, -0.2) is 97.9 Å². The molecule has 0 aromatic heterocycles. The van der Waals surface area contributed by atoms with Crippen molar-refractivity contribution in [1.29, 1.82) is 0 Å². The predicted octanol–water partition coefficient (Wildman–Crippen LogP) is 8.73. The lowest BCUT2D eigenvalue weighted by molar-refractivity contribution is -0.130. The van der Waals surface area contributed by atoms with Crippen molar-refractivity contribution >= 4 is 11.8 Å². The zero-order valence-corrected chi connectivity index (χ0v) is 31.3. The highest BCUT2D eigenvalue weighted by Crippen LogP contribution is 2.11. The lowest BCUT2D eigenvalue weighted by Gasteiger charge is -2.20. The topological polar surface area (TPSA) is 47.1 Å². The third-order valence-corrected chi connectivity index (χ3v) is 8.72. The van der Waals surface area contributed by atoms with E-state index in [1.54, 1.807) is 0 Å². The number of nitrogens with zero attached hydrogens (tertiary/aromatic N) is 4. The number of hydrogen-bond acceptors (Lipinski definition) is 4. The van der Waals surface area contributed by atoms with E-state index in [-0.39, 0.29) is 0 Å². The summed E-state index contributed by atoms with van der Waals surface area (Å²) in [6.45, 7) is 22.1. The van der Waals surface area contributed by atoms with Crippen molar-refractivity contribution in [2.24, 2.45) is 11.8 Å². The molecule has 0 saturated carbocycles. The standard InChI is InChI=1S/C19H40N2O.C18H38N2O/c1-17(2)13-12-16-21(6)19(22)14-10-8-7-9-11-15-20(5)18(3)4;1-16(2)12-11-15-20(6)18(21)13-9-7-8-10-14-19(5)17(3)4/h17-18H,7-16H2,1-6H3;16-17H,7-15H2,1-6H3. The average molecular weight is 611 g/mol. The van der Waals surface area contributed by atoms with Gasteiger partial charge in [-0.3, -0.25) is 9.59 Å². The minimum atomic E-state index is 0.318. The van der Waals surface area contributed by atoms with E-state index >= 15 is 0 Å². The van der Waals surface area contributed by atoms with E-state index in [1.165, 1.54) is 70.9 Å². The molecule has 6 nitrogen and oxygen atoms in total. The monoisotopic (exact) mass is 611 g/mol. The van der Waals surface area contributed by atoms with Gasteiger partial charge >= 0.3 is 0 Å². The van der Waals surface area contributed by atoms with E-state index in [2.05, 4.69) is 79.3 Å². The molecule has 0 fully saturated rings. The van der Waals surface area contributed by atoms with E-state index in [0.29, 0.717) is 23.9 Å². The second-order valence-electron chi connectivity index (χ2n) is 14.5. The van der Waals surface area contributed by atoms with Gasteiger partial charge in [-0.15, -0.1) is 0 Å². The van der Waals surface area contributed by atoms with E-state index < -0.39 is 0 Å². The summed E-state index contributed by atoms with van der Waals surface area (Å²) in [6.07, 6.45) is 16.9. The summed E-state index contributed by atoms with van der Waals surface area (Å²) in [7, 11) is 8.27. The number of amides is 2. The lowest BCUT2D eigenvalue weighted by atomic mass is 10.1. The van der Waals surface area contributed by atoms with Gasteiger partial charge in [-0.25, -0.2) is 0 Å². The van der Waals surface area contributed by atoms with Gasteiger partial charge in [0.15, 0.2) is 0 Å². The summed E-state index contributed by atoms with van der Waals surface area (Å²) in [5.41, 5.74) is 0. The van der Waals surface area contributed by atoms with Crippen LogP contribution < -0.4 is 0 Å². The van der Waals surface area contributed by atoms with Crippen LogP contribution >= 0.6 is 0 Å². The van der Waals surface area contributed by atoms with Gasteiger partial charge < -0.3 is 19.6 Å². The molecular formula is C37H78N4O2. The Kier molecular flexibility index (Phi) is 29.0. The first-order valence-electron chi connectivity index (χ1n) is 18.1. The van der Waals surface area contributed by atoms with Crippen LogP contribution in [0.1, 0.15) is 152 Å². The Hall–Kier alpha value is -1.14. The molecule has 0 aliphatic rings. The molecule has 0 heterocycles. The number of unbranched alkanes of at least 4 members (excludes halogenated alkanes) is 7. The molecule has 0 spiro atoms. The molecule has 0 aliphatic carbocycles. The fraction of sp³-hybridized carbons (Fsp3) is 0.946. The Labute approximate surface area is 270 Å². The maximum Gasteiger partial charge on any atom is 0.222 e. The van der Waals surface area contributed by atoms with Crippen molar-refractivity contribution < 1.29 is 9.59 Å². The zero-order chi connectivity index (χ0) is 33.2. The summed E-state index contributed by atoms with van der Waals surface area (Å²) in [5, 5.41) is 0. The molecule has 0 radical (unpaired) electrons. The molecule has 43 heavy (non-hydrogen) atoms. The smallest absolute Gasteiger partial charge is 0.222 e. The summed E-state index contributed by atoms with van der Waals surface area (Å²) in [4.78, 5) is 32.6. The lowest BCUT2D eigenvalue weighted by Crippen LogP contribution is -2.27. The molecule has 0 bridgehead atoms. The molecule has 0 aromatic carbocycles. The minimum absolute atomic E-state index is 0.318. The molecule has 6 heteroatoms. The van der Waals surface area contributed by atoms with Crippen LogP contribution in [0.5, 0.6) is 0 Å². The largest absolute Gasteiger partial charge is 0.346 e. The zero-order valence-electron chi connectivity index (χ0n) is 31.3. The van der Waals surface area contributed by atoms with Crippen molar-refractivity contribution in [1.82, 2.24) is 19.6 Å². The fourth-order valence-corrected chi connectivity index (χ4v) is 4.78. The van der Waals surface area contributed by atoms with Gasteiger partial charge in [-0.1, -0.05) is 59.8 Å². The first-order valence-corrected chi connectivity index (χ1v) is 18.1. The van der Waals surface area contributed by atoms with Crippen LogP contribution in [0.4, 0.5) is 0 Å². The highest BCUT2D eigenvalue weighted by Gasteiger charge is 2.10. The van der Waals surface area contributed by atoms with Crippen molar-refractivity contribution in [2.45, 2.75) is 164 Å². The molecule has 0 aliphatic heterocycles. The number of carbonyl (C=O) groups excluding carboxylic acids is 2. The Morgan fingerprint density at radius 1 is 0.419 bits per heavy atom. The highest BCUT2D eigenvalue weighted by molar-refractivity contribution is 5.76. The number of rotatable bonds is 25. The van der Waals surface area contributed by atoms with Gasteiger partial charge in [0.05, 0.1) is 0 Å². The molecule has 0 unspecified atom stereocenters. The Bertz CT molecular complexity index is 651. The molecule has 0 atom stereocenters. The minimum Gasteiger partial charge on any atom is -0.346 e. The highest BCUT2D eigenvalue weighted by atomic mass is 16.2. The average Bonchev–Trinajstić information content (AvgIpc) is 2.93. The Morgan fingerprint density at radius 3 is 1.02 bits per heavy atom. The normalized spacial score (nSPS) is 11.7. The molecule has 0 N–H and O–H groups in total. The van der Waals surface area contributed by atoms with Crippen molar-refractivity contribution in [3.63, 3.8) is 0 Å². The predicted molar refractivity (Wildman–Crippen MR) is 190 cm³/mol. The van der Waals surface area contributed by atoms with Crippen LogP contribution in [0.3, 0.4) is 0 Å². The first-order chi connectivity index (χ1) is 20.2. The third-order valence-electron chi connectivity index (χ3n) is 8.72. The maximum absolute atomic E-state index is 12.0. The summed E-state index contributed by atoms with van der Waals surface area (Å²) >= 11 is 0. The van der Waals surface area contributed by atoms with Gasteiger partial charge in [-0.05, 0) is 118 Å². The quantitative estimate of drug-likeness (QED) is 0.0970. The van der Waals surface area contributed by atoms with Gasteiger partial charge in [0.25, 0.3) is 0 Å². The summed E-state index contributed by atoms with van der Waals surface area (Å²) in [5.74, 6) is 2.11. The summed E-state index contributed by atoms with van der Waals surface area (Å²) < 4.78 is 0.